The third-order valence-corrected chi connectivity index (χ3v) is 4.47. The lowest BCUT2D eigenvalue weighted by Crippen LogP contribution is -2.10. The minimum absolute atomic E-state index is 0.260. The summed E-state index contributed by atoms with van der Waals surface area (Å²) in [6.07, 6.45) is 6.62. The van der Waals surface area contributed by atoms with E-state index in [1.165, 1.54) is 18.2 Å². The number of aromatic nitrogens is 4. The molecule has 2 heterocycles. The Morgan fingerprint density at radius 1 is 1.37 bits per heavy atom. The number of rotatable bonds is 5. The van der Waals surface area contributed by atoms with Gasteiger partial charge in [-0.05, 0) is 37.6 Å². The molecule has 0 fully saturated rings. The molecule has 3 aromatic rings. The lowest BCUT2D eigenvalue weighted by atomic mass is 10.2. The molecule has 0 atom stereocenters. The number of benzene rings is 1. The van der Waals surface area contributed by atoms with Crippen LogP contribution in [0.3, 0.4) is 0 Å². The minimum atomic E-state index is -0.384. The first-order valence-electron chi connectivity index (χ1n) is 8.29. The molecular formula is C19H19ClFN5O. The average Bonchev–Trinajstić information content (AvgIpc) is 3.14. The molecule has 0 saturated carbocycles. The van der Waals surface area contributed by atoms with Crippen molar-refractivity contribution in [3.05, 3.63) is 70.0 Å². The Morgan fingerprint density at radius 2 is 2.15 bits per heavy atom. The van der Waals surface area contributed by atoms with E-state index in [1.807, 2.05) is 27.1 Å². The summed E-state index contributed by atoms with van der Waals surface area (Å²) in [7, 11) is 1.81. The maximum atomic E-state index is 13.2. The number of carbonyl (C=O) groups is 1. The number of halogens is 2. The Balaban J connectivity index is 1.75. The molecule has 0 spiro atoms. The molecule has 0 aliphatic rings. The molecule has 0 bridgehead atoms. The van der Waals surface area contributed by atoms with Gasteiger partial charge in [0, 0.05) is 29.9 Å². The van der Waals surface area contributed by atoms with Gasteiger partial charge in [0.05, 0.1) is 29.8 Å². The first-order chi connectivity index (χ1) is 12.8. The van der Waals surface area contributed by atoms with Crippen LogP contribution in [0.4, 0.5) is 10.1 Å². The summed E-state index contributed by atoms with van der Waals surface area (Å²) in [5.41, 5.74) is 3.71. The van der Waals surface area contributed by atoms with Crippen LogP contribution >= 0.6 is 11.6 Å². The van der Waals surface area contributed by atoms with Gasteiger partial charge < -0.3 is 5.32 Å². The second kappa shape index (κ2) is 7.75. The lowest BCUT2D eigenvalue weighted by Gasteiger charge is -2.08. The second-order valence-corrected chi connectivity index (χ2v) is 6.62. The maximum absolute atomic E-state index is 13.2. The normalized spacial score (nSPS) is 11.3. The number of hydrogen-bond donors (Lipinski definition) is 1. The van der Waals surface area contributed by atoms with Crippen molar-refractivity contribution < 1.29 is 9.18 Å². The van der Waals surface area contributed by atoms with Crippen molar-refractivity contribution in [2.75, 3.05) is 5.32 Å². The number of nitrogens with zero attached hydrogens (tertiary/aromatic N) is 4. The van der Waals surface area contributed by atoms with Crippen LogP contribution in [-0.4, -0.2) is 25.5 Å². The minimum Gasteiger partial charge on any atom is -0.319 e. The number of anilines is 1. The van der Waals surface area contributed by atoms with Gasteiger partial charge in [-0.25, -0.2) is 4.39 Å². The van der Waals surface area contributed by atoms with Gasteiger partial charge in [-0.2, -0.15) is 10.2 Å². The molecule has 27 heavy (non-hydrogen) atoms. The van der Waals surface area contributed by atoms with Crippen LogP contribution in [0.5, 0.6) is 0 Å². The smallest absolute Gasteiger partial charge is 0.248 e. The van der Waals surface area contributed by atoms with E-state index in [0.29, 0.717) is 22.9 Å². The molecule has 0 aliphatic carbocycles. The molecule has 0 aliphatic heterocycles. The van der Waals surface area contributed by atoms with Crippen molar-refractivity contribution in [2.24, 2.45) is 7.05 Å². The predicted molar refractivity (Wildman–Crippen MR) is 103 cm³/mol. The first kappa shape index (κ1) is 18.8. The van der Waals surface area contributed by atoms with Crippen LogP contribution in [0.15, 0.2) is 36.7 Å². The standard InChI is InChI=1S/C19H19ClFN5O/c1-12-19(23-18(27)7-4-14-9-22-25(3)10-14)13(2)26(24-12)11-15-5-6-16(21)8-17(15)20/h4-10H,11H2,1-3H3,(H,23,27)/b7-4+. The molecule has 1 amide bonds. The monoisotopic (exact) mass is 387 g/mol. The van der Waals surface area contributed by atoms with Gasteiger partial charge in [0.2, 0.25) is 5.91 Å². The Labute approximate surface area is 161 Å². The topological polar surface area (TPSA) is 64.7 Å². The van der Waals surface area contributed by atoms with Crippen LogP contribution in [0, 0.1) is 19.7 Å². The van der Waals surface area contributed by atoms with Gasteiger partial charge in [-0.3, -0.25) is 14.2 Å². The van der Waals surface area contributed by atoms with Gasteiger partial charge in [-0.1, -0.05) is 17.7 Å². The summed E-state index contributed by atoms with van der Waals surface area (Å²) in [6.45, 7) is 4.06. The third kappa shape index (κ3) is 4.43. The molecule has 0 saturated heterocycles. The highest BCUT2D eigenvalue weighted by Crippen LogP contribution is 2.23. The van der Waals surface area contributed by atoms with Crippen molar-refractivity contribution >= 4 is 29.3 Å². The largest absolute Gasteiger partial charge is 0.319 e. The molecule has 2 aromatic heterocycles. The van der Waals surface area contributed by atoms with E-state index in [2.05, 4.69) is 15.5 Å². The molecule has 1 aromatic carbocycles. The number of hydrogen-bond acceptors (Lipinski definition) is 3. The van der Waals surface area contributed by atoms with Crippen molar-refractivity contribution in [1.82, 2.24) is 19.6 Å². The van der Waals surface area contributed by atoms with Gasteiger partial charge in [0.15, 0.2) is 0 Å². The highest BCUT2D eigenvalue weighted by Gasteiger charge is 2.14. The fraction of sp³-hybridized carbons (Fsp3) is 0.211. The molecule has 3 rings (SSSR count). The predicted octanol–water partition coefficient (Wildman–Crippen LogP) is 3.73. The Hall–Kier alpha value is -2.93. The van der Waals surface area contributed by atoms with Gasteiger partial charge in [-0.15, -0.1) is 0 Å². The van der Waals surface area contributed by atoms with Crippen LogP contribution in [0.1, 0.15) is 22.5 Å². The Morgan fingerprint density at radius 3 is 2.81 bits per heavy atom. The Bertz CT molecular complexity index is 1020. The summed E-state index contributed by atoms with van der Waals surface area (Å²) < 4.78 is 16.6. The van der Waals surface area contributed by atoms with Gasteiger partial charge >= 0.3 is 0 Å². The zero-order valence-electron chi connectivity index (χ0n) is 15.2. The zero-order valence-corrected chi connectivity index (χ0v) is 16.0. The van der Waals surface area contributed by atoms with E-state index >= 15 is 0 Å². The quantitative estimate of drug-likeness (QED) is 0.678. The molecule has 140 valence electrons. The van der Waals surface area contributed by atoms with E-state index < -0.39 is 0 Å². The summed E-state index contributed by atoms with van der Waals surface area (Å²) in [6, 6.07) is 4.26. The van der Waals surface area contributed by atoms with Crippen LogP contribution < -0.4 is 5.32 Å². The Kier molecular flexibility index (Phi) is 5.41. The van der Waals surface area contributed by atoms with Gasteiger partial charge in [0.25, 0.3) is 0 Å². The zero-order chi connectivity index (χ0) is 19.6. The highest BCUT2D eigenvalue weighted by molar-refractivity contribution is 6.31. The maximum Gasteiger partial charge on any atom is 0.248 e. The fourth-order valence-electron chi connectivity index (χ4n) is 2.71. The fourth-order valence-corrected chi connectivity index (χ4v) is 2.93. The lowest BCUT2D eigenvalue weighted by molar-refractivity contribution is -0.111. The van der Waals surface area contributed by atoms with Crippen molar-refractivity contribution in [3.63, 3.8) is 0 Å². The molecule has 8 heteroatoms. The highest BCUT2D eigenvalue weighted by atomic mass is 35.5. The molecule has 0 unspecified atom stereocenters. The first-order valence-corrected chi connectivity index (χ1v) is 8.67. The third-order valence-electron chi connectivity index (χ3n) is 4.12. The number of carbonyl (C=O) groups excluding carboxylic acids is 1. The van der Waals surface area contributed by atoms with Crippen LogP contribution in [-0.2, 0) is 18.4 Å². The van der Waals surface area contributed by atoms with E-state index in [1.54, 1.807) is 27.7 Å². The van der Waals surface area contributed by atoms with E-state index in [0.717, 1.165) is 16.8 Å². The summed E-state index contributed by atoms with van der Waals surface area (Å²) in [5.74, 6) is -0.644. The van der Waals surface area contributed by atoms with Crippen molar-refractivity contribution in [3.8, 4) is 0 Å². The van der Waals surface area contributed by atoms with Crippen molar-refractivity contribution in [2.45, 2.75) is 20.4 Å². The van der Waals surface area contributed by atoms with Crippen molar-refractivity contribution in [1.29, 1.82) is 0 Å². The number of nitrogens with one attached hydrogen (secondary N) is 1. The summed E-state index contributed by atoms with van der Waals surface area (Å²) in [4.78, 5) is 12.2. The molecule has 6 nitrogen and oxygen atoms in total. The van der Waals surface area contributed by atoms with E-state index in [4.69, 9.17) is 11.6 Å². The van der Waals surface area contributed by atoms with Crippen LogP contribution in [0.25, 0.3) is 6.08 Å². The number of aryl methyl sites for hydroxylation is 2. The molecule has 1 N–H and O–H groups in total. The van der Waals surface area contributed by atoms with E-state index in [-0.39, 0.29) is 11.7 Å². The number of amides is 1. The summed E-state index contributed by atoms with van der Waals surface area (Å²) in [5, 5.41) is 11.7. The second-order valence-electron chi connectivity index (χ2n) is 6.21. The van der Waals surface area contributed by atoms with Gasteiger partial charge in [0.1, 0.15) is 5.82 Å². The molecule has 0 radical (unpaired) electrons. The molecular weight excluding hydrogens is 369 g/mol. The SMILES string of the molecule is Cc1nn(Cc2ccc(F)cc2Cl)c(C)c1NC(=O)/C=C/c1cnn(C)c1. The average molecular weight is 388 g/mol. The summed E-state index contributed by atoms with van der Waals surface area (Å²) >= 11 is 6.10. The van der Waals surface area contributed by atoms with Crippen LogP contribution in [0.2, 0.25) is 5.02 Å². The van der Waals surface area contributed by atoms with E-state index in [9.17, 15) is 9.18 Å².